The van der Waals surface area contributed by atoms with Gasteiger partial charge in [-0.3, -0.25) is 14.6 Å². The fourth-order valence-electron chi connectivity index (χ4n) is 5.15. The van der Waals surface area contributed by atoms with E-state index in [0.717, 1.165) is 68.9 Å². The molecule has 0 bridgehead atoms. The Kier molecular flexibility index (Phi) is 6.68. The molecule has 6 rings (SSSR count). The monoisotopic (exact) mass is 495 g/mol. The maximum atomic E-state index is 13.4. The van der Waals surface area contributed by atoms with Gasteiger partial charge in [0.05, 0.1) is 16.6 Å². The number of piperazine rings is 1. The van der Waals surface area contributed by atoms with Gasteiger partial charge in [-0.15, -0.1) is 0 Å². The van der Waals surface area contributed by atoms with Crippen molar-refractivity contribution in [2.45, 2.75) is 32.2 Å². The smallest absolute Gasteiger partial charge is 0.252 e. The Hall–Kier alpha value is -3.62. The third kappa shape index (κ3) is 5.26. The maximum Gasteiger partial charge on any atom is 0.252 e. The summed E-state index contributed by atoms with van der Waals surface area (Å²) in [5, 5.41) is 8.70. The minimum Gasteiger partial charge on any atom is -0.351 e. The highest BCUT2D eigenvalue weighted by atomic mass is 16.1. The average Bonchev–Trinajstić information content (AvgIpc) is 3.73. The van der Waals surface area contributed by atoms with Crippen molar-refractivity contribution in [3.05, 3.63) is 83.3 Å². The van der Waals surface area contributed by atoms with E-state index in [1.807, 2.05) is 31.2 Å². The van der Waals surface area contributed by atoms with Crippen molar-refractivity contribution in [3.8, 4) is 5.82 Å². The van der Waals surface area contributed by atoms with E-state index >= 15 is 0 Å². The Balaban J connectivity index is 1.12. The zero-order valence-corrected chi connectivity index (χ0v) is 21.3. The number of benzene rings is 1. The molecule has 8 heteroatoms. The number of carbonyl (C=O) groups is 1. The predicted octanol–water partition coefficient (Wildman–Crippen LogP) is 3.55. The van der Waals surface area contributed by atoms with Crippen LogP contribution in [0.4, 0.5) is 0 Å². The Morgan fingerprint density at radius 2 is 1.76 bits per heavy atom. The SMILES string of the molecule is Cc1nn(-c2ccccn2)c2nc(C3CC3)cc(C(=O)NCCN3CCN(Cc4ccccc4)CC3)c12. The summed E-state index contributed by atoms with van der Waals surface area (Å²) in [6.45, 7) is 8.53. The Morgan fingerprint density at radius 1 is 1.00 bits per heavy atom. The molecule has 4 aromatic rings. The predicted molar refractivity (Wildman–Crippen MR) is 144 cm³/mol. The van der Waals surface area contributed by atoms with E-state index in [9.17, 15) is 4.79 Å². The molecule has 4 heterocycles. The Bertz CT molecular complexity index is 1370. The number of aryl methyl sites for hydroxylation is 1. The minimum absolute atomic E-state index is 0.0549. The van der Waals surface area contributed by atoms with E-state index in [2.05, 4.69) is 50.4 Å². The number of aromatic nitrogens is 4. The molecule has 1 aliphatic carbocycles. The van der Waals surface area contributed by atoms with Crippen molar-refractivity contribution in [3.63, 3.8) is 0 Å². The van der Waals surface area contributed by atoms with Gasteiger partial charge in [-0.2, -0.15) is 9.78 Å². The van der Waals surface area contributed by atoms with E-state index in [0.29, 0.717) is 29.5 Å². The number of pyridine rings is 2. The highest BCUT2D eigenvalue weighted by molar-refractivity contribution is 6.06. The Labute approximate surface area is 217 Å². The van der Waals surface area contributed by atoms with Gasteiger partial charge < -0.3 is 5.32 Å². The largest absolute Gasteiger partial charge is 0.351 e. The van der Waals surface area contributed by atoms with Gasteiger partial charge in [0.15, 0.2) is 11.5 Å². The van der Waals surface area contributed by atoms with E-state index in [1.165, 1.54) is 5.56 Å². The van der Waals surface area contributed by atoms with E-state index in [1.54, 1.807) is 10.9 Å². The zero-order chi connectivity index (χ0) is 25.2. The number of carbonyl (C=O) groups excluding carboxylic acids is 1. The lowest BCUT2D eigenvalue weighted by atomic mass is 10.1. The van der Waals surface area contributed by atoms with Gasteiger partial charge >= 0.3 is 0 Å². The van der Waals surface area contributed by atoms with Crippen LogP contribution in [0.1, 0.15) is 46.1 Å². The van der Waals surface area contributed by atoms with Crippen molar-refractivity contribution >= 4 is 16.9 Å². The molecule has 1 amide bonds. The van der Waals surface area contributed by atoms with Crippen LogP contribution < -0.4 is 5.32 Å². The summed E-state index contributed by atoms with van der Waals surface area (Å²) in [5.41, 5.74) is 4.50. The number of hydrogen-bond donors (Lipinski definition) is 1. The van der Waals surface area contributed by atoms with Crippen LogP contribution in [0.2, 0.25) is 0 Å². The fraction of sp³-hybridized carbons (Fsp3) is 0.379. The molecule has 2 fully saturated rings. The first-order valence-electron chi connectivity index (χ1n) is 13.2. The van der Waals surface area contributed by atoms with Crippen LogP contribution in [0.15, 0.2) is 60.8 Å². The van der Waals surface area contributed by atoms with Crippen molar-refractivity contribution < 1.29 is 4.79 Å². The summed E-state index contributed by atoms with van der Waals surface area (Å²) in [6, 6.07) is 18.4. The summed E-state index contributed by atoms with van der Waals surface area (Å²) in [6.07, 6.45) is 3.98. The maximum absolute atomic E-state index is 13.4. The average molecular weight is 496 g/mol. The molecule has 0 unspecified atom stereocenters. The molecule has 8 nitrogen and oxygen atoms in total. The Morgan fingerprint density at radius 3 is 2.49 bits per heavy atom. The topological polar surface area (TPSA) is 79.2 Å². The number of fused-ring (bicyclic) bond motifs is 1. The summed E-state index contributed by atoms with van der Waals surface area (Å²) < 4.78 is 1.77. The van der Waals surface area contributed by atoms with Crippen LogP contribution in [0.5, 0.6) is 0 Å². The summed E-state index contributed by atoms with van der Waals surface area (Å²) >= 11 is 0. The van der Waals surface area contributed by atoms with Crippen LogP contribution in [-0.4, -0.2) is 74.7 Å². The van der Waals surface area contributed by atoms with Crippen molar-refractivity contribution in [2.75, 3.05) is 39.3 Å². The van der Waals surface area contributed by atoms with Gasteiger partial charge in [0.1, 0.15) is 0 Å². The van der Waals surface area contributed by atoms with Crippen molar-refractivity contribution in [2.24, 2.45) is 0 Å². The first-order chi connectivity index (χ1) is 18.2. The highest BCUT2D eigenvalue weighted by Crippen LogP contribution is 2.40. The van der Waals surface area contributed by atoms with Gasteiger partial charge in [-0.25, -0.2) is 9.97 Å². The standard InChI is InChI=1S/C29H33N7O/c1-21-27-24(19-25(23-10-11-23)32-28(27)36(33-21)26-9-5-6-12-30-26)29(37)31-13-14-34-15-17-35(18-16-34)20-22-7-3-2-4-8-22/h2-9,12,19,23H,10-11,13-18,20H2,1H3,(H,31,37). The fourth-order valence-corrected chi connectivity index (χ4v) is 5.15. The number of nitrogens with one attached hydrogen (secondary N) is 1. The lowest BCUT2D eigenvalue weighted by Gasteiger charge is -2.34. The van der Waals surface area contributed by atoms with E-state index < -0.39 is 0 Å². The molecule has 0 radical (unpaired) electrons. The molecule has 0 atom stereocenters. The molecule has 190 valence electrons. The number of hydrogen-bond acceptors (Lipinski definition) is 6. The number of rotatable bonds is 8. The molecular formula is C29H33N7O. The molecule has 1 saturated carbocycles. The van der Waals surface area contributed by atoms with Crippen molar-refractivity contribution in [1.82, 2.24) is 34.9 Å². The summed E-state index contributed by atoms with van der Waals surface area (Å²) in [7, 11) is 0. The molecule has 1 N–H and O–H groups in total. The van der Waals surface area contributed by atoms with Gasteiger partial charge in [0, 0.05) is 63.6 Å². The second kappa shape index (κ2) is 10.4. The summed E-state index contributed by atoms with van der Waals surface area (Å²) in [4.78, 5) is 27.8. The lowest BCUT2D eigenvalue weighted by Crippen LogP contribution is -2.48. The molecule has 0 spiro atoms. The summed E-state index contributed by atoms with van der Waals surface area (Å²) in [5.74, 6) is 1.08. The third-order valence-corrected chi connectivity index (χ3v) is 7.37. The highest BCUT2D eigenvalue weighted by Gasteiger charge is 2.29. The molecule has 3 aromatic heterocycles. The third-order valence-electron chi connectivity index (χ3n) is 7.37. The molecule has 37 heavy (non-hydrogen) atoms. The van der Waals surface area contributed by atoms with Gasteiger partial charge in [0.25, 0.3) is 5.91 Å². The molecular weight excluding hydrogens is 462 g/mol. The number of amides is 1. The van der Waals surface area contributed by atoms with Gasteiger partial charge in [-0.05, 0) is 43.5 Å². The molecule has 1 aliphatic heterocycles. The first kappa shape index (κ1) is 23.8. The van der Waals surface area contributed by atoms with Crippen LogP contribution in [0, 0.1) is 6.92 Å². The normalized spacial score (nSPS) is 16.8. The number of nitrogens with zero attached hydrogens (tertiary/aromatic N) is 6. The van der Waals surface area contributed by atoms with Crippen LogP contribution in [0.3, 0.4) is 0 Å². The zero-order valence-electron chi connectivity index (χ0n) is 21.3. The van der Waals surface area contributed by atoms with Crippen LogP contribution in [-0.2, 0) is 6.54 Å². The quantitative estimate of drug-likeness (QED) is 0.403. The van der Waals surface area contributed by atoms with E-state index in [4.69, 9.17) is 10.1 Å². The second-order valence-electron chi connectivity index (χ2n) is 10.1. The van der Waals surface area contributed by atoms with Crippen LogP contribution >= 0.6 is 0 Å². The second-order valence-corrected chi connectivity index (χ2v) is 10.1. The van der Waals surface area contributed by atoms with E-state index in [-0.39, 0.29) is 5.91 Å². The molecule has 1 aromatic carbocycles. The van der Waals surface area contributed by atoms with Gasteiger partial charge in [-0.1, -0.05) is 36.4 Å². The first-order valence-corrected chi connectivity index (χ1v) is 13.2. The molecule has 2 aliphatic rings. The molecule has 1 saturated heterocycles. The van der Waals surface area contributed by atoms with Gasteiger partial charge in [0.2, 0.25) is 0 Å². The minimum atomic E-state index is -0.0549. The van der Waals surface area contributed by atoms with Crippen LogP contribution in [0.25, 0.3) is 16.9 Å². The van der Waals surface area contributed by atoms with Crippen molar-refractivity contribution in [1.29, 1.82) is 0 Å². The lowest BCUT2D eigenvalue weighted by molar-refractivity contribution is 0.0935.